The molecule has 12 heteroatoms. The zero-order valence-electron chi connectivity index (χ0n) is 31.1. The minimum Gasteiger partial charge on any atom is -0.445 e. The molecule has 0 aliphatic carbocycles. The van der Waals surface area contributed by atoms with Crippen LogP contribution in [0.3, 0.4) is 0 Å². The maximum atomic E-state index is 12.0. The quantitative estimate of drug-likeness (QED) is 0.0474. The predicted octanol–water partition coefficient (Wildman–Crippen LogP) is 7.75. The van der Waals surface area contributed by atoms with Gasteiger partial charge in [0.2, 0.25) is 0 Å². The van der Waals surface area contributed by atoms with E-state index >= 15 is 0 Å². The van der Waals surface area contributed by atoms with E-state index < -0.39 is 30.0 Å². The van der Waals surface area contributed by atoms with Gasteiger partial charge in [0.15, 0.2) is 0 Å². The number of aliphatic hydroxyl groups is 3. The highest BCUT2D eigenvalue weighted by atomic mass is 35.5. The first kappa shape index (κ1) is 45.4. The Kier molecular flexibility index (Phi) is 21.7. The van der Waals surface area contributed by atoms with E-state index in [1.165, 1.54) is 0 Å². The third-order valence-electron chi connectivity index (χ3n) is 8.16. The van der Waals surface area contributed by atoms with E-state index in [9.17, 15) is 19.8 Å². The van der Waals surface area contributed by atoms with Crippen LogP contribution in [0, 0.1) is 0 Å². The standard InChI is InChI=1S/C31H31NO4.C12H17NO4.CH2Cl2/c33-29(23-32-30(34)35-24-25-13-5-1-6-14-25)21-22-36-31(26-15-7-2-8-16-26,27-17-9-3-10-18-27)28-19-11-4-12-20-28;14-7-6-11(15)8-13-12(16)17-9-10-4-2-1-3-5-10;2-1-3/h1-20,29,33H,21-24H2,(H,32,34);1-5,11,14-15H,6-9H2,(H,13,16);1H2/t29-;11-;/m00./s1. The second kappa shape index (κ2) is 26.8. The summed E-state index contributed by atoms with van der Waals surface area (Å²) >= 11 is 9.53. The Morgan fingerprint density at radius 2 is 0.875 bits per heavy atom. The Balaban J connectivity index is 0.000000351. The molecule has 2 amide bonds. The number of alkyl halides is 2. The molecule has 5 rings (SSSR count). The summed E-state index contributed by atoms with van der Waals surface area (Å²) in [4.78, 5) is 23.3. The van der Waals surface area contributed by atoms with Gasteiger partial charge in [0.05, 0.1) is 24.2 Å². The highest BCUT2D eigenvalue weighted by molar-refractivity contribution is 6.40. The average Bonchev–Trinajstić information content (AvgIpc) is 3.24. The van der Waals surface area contributed by atoms with Gasteiger partial charge < -0.3 is 40.2 Å². The van der Waals surface area contributed by atoms with Crippen molar-refractivity contribution in [2.24, 2.45) is 0 Å². The summed E-state index contributed by atoms with van der Waals surface area (Å²) in [6.07, 6.45) is -2.10. The molecule has 0 fully saturated rings. The molecule has 0 aliphatic heterocycles. The molecule has 298 valence electrons. The lowest BCUT2D eigenvalue weighted by Crippen LogP contribution is -2.36. The Labute approximate surface area is 339 Å². The Morgan fingerprint density at radius 3 is 1.21 bits per heavy atom. The van der Waals surface area contributed by atoms with Crippen LogP contribution in [0.1, 0.15) is 40.7 Å². The number of ether oxygens (including phenoxy) is 3. The van der Waals surface area contributed by atoms with Gasteiger partial charge in [-0.15, -0.1) is 23.2 Å². The number of carbonyl (C=O) groups is 2. The van der Waals surface area contributed by atoms with Gasteiger partial charge in [-0.2, -0.15) is 0 Å². The molecule has 0 bridgehead atoms. The topological polar surface area (TPSA) is 147 Å². The molecule has 0 radical (unpaired) electrons. The van der Waals surface area contributed by atoms with Crippen molar-refractivity contribution in [3.8, 4) is 0 Å². The van der Waals surface area contributed by atoms with E-state index in [4.69, 9.17) is 42.5 Å². The van der Waals surface area contributed by atoms with Crippen LogP contribution in [0.2, 0.25) is 0 Å². The lowest BCUT2D eigenvalue weighted by molar-refractivity contribution is -0.00519. The maximum Gasteiger partial charge on any atom is 0.407 e. The Hall–Kier alpha value is -4.94. The maximum absolute atomic E-state index is 12.0. The molecule has 10 nitrogen and oxygen atoms in total. The molecule has 0 aromatic heterocycles. The van der Waals surface area contributed by atoms with Gasteiger partial charge in [0, 0.05) is 19.7 Å². The summed E-state index contributed by atoms with van der Waals surface area (Å²) in [5.74, 6) is 0. The van der Waals surface area contributed by atoms with E-state index in [1.807, 2.05) is 115 Å². The fourth-order valence-corrected chi connectivity index (χ4v) is 5.42. The second-order valence-corrected chi connectivity index (χ2v) is 13.0. The van der Waals surface area contributed by atoms with E-state index in [2.05, 4.69) is 47.0 Å². The fourth-order valence-electron chi connectivity index (χ4n) is 5.42. The van der Waals surface area contributed by atoms with Gasteiger partial charge in [-0.1, -0.05) is 152 Å². The van der Waals surface area contributed by atoms with Crippen molar-refractivity contribution in [1.82, 2.24) is 10.6 Å². The average molecular weight is 806 g/mol. The van der Waals surface area contributed by atoms with E-state index in [0.29, 0.717) is 6.42 Å². The number of alkyl carbamates (subject to hydrolysis) is 2. The molecule has 5 N–H and O–H groups in total. The van der Waals surface area contributed by atoms with Gasteiger partial charge in [0.25, 0.3) is 0 Å². The second-order valence-electron chi connectivity index (χ2n) is 12.2. The van der Waals surface area contributed by atoms with Gasteiger partial charge in [-0.3, -0.25) is 0 Å². The van der Waals surface area contributed by atoms with Crippen LogP contribution in [0.5, 0.6) is 0 Å². The first-order valence-corrected chi connectivity index (χ1v) is 19.2. The molecular weight excluding hydrogens is 755 g/mol. The van der Waals surface area contributed by atoms with Crippen LogP contribution in [-0.4, -0.2) is 71.4 Å². The van der Waals surface area contributed by atoms with Crippen LogP contribution in [0.4, 0.5) is 9.59 Å². The van der Waals surface area contributed by atoms with Gasteiger partial charge >= 0.3 is 12.2 Å². The van der Waals surface area contributed by atoms with E-state index in [1.54, 1.807) is 0 Å². The smallest absolute Gasteiger partial charge is 0.407 e. The van der Waals surface area contributed by atoms with Crippen molar-refractivity contribution in [2.75, 3.05) is 31.6 Å². The Morgan fingerprint density at radius 1 is 0.554 bits per heavy atom. The molecule has 56 heavy (non-hydrogen) atoms. The highest BCUT2D eigenvalue weighted by Crippen LogP contribution is 2.40. The van der Waals surface area contributed by atoms with Gasteiger partial charge in [0.1, 0.15) is 18.8 Å². The largest absolute Gasteiger partial charge is 0.445 e. The molecule has 5 aromatic rings. The monoisotopic (exact) mass is 804 g/mol. The summed E-state index contributed by atoms with van der Waals surface area (Å²) in [5, 5.41) is 33.6. The first-order valence-electron chi connectivity index (χ1n) is 18.1. The highest BCUT2D eigenvalue weighted by Gasteiger charge is 2.37. The number of rotatable bonds is 17. The molecule has 0 aliphatic rings. The van der Waals surface area contributed by atoms with E-state index in [0.717, 1.165) is 27.8 Å². The zero-order chi connectivity index (χ0) is 40.3. The number of carbonyl (C=O) groups excluding carboxylic acids is 2. The lowest BCUT2D eigenvalue weighted by Gasteiger charge is -2.36. The van der Waals surface area contributed by atoms with Crippen LogP contribution in [0.25, 0.3) is 0 Å². The minimum atomic E-state index is -0.842. The number of nitrogens with one attached hydrogen (secondary N) is 2. The molecule has 0 saturated heterocycles. The fraction of sp³-hybridized carbons (Fsp3) is 0.273. The SMILES string of the molecule is ClCCl.O=C(NC[C@@H](O)CCO)OCc1ccccc1.O=C(NC[C@@H](O)CCOC(c1ccccc1)(c1ccccc1)c1ccccc1)OCc1ccccc1. The summed E-state index contributed by atoms with van der Waals surface area (Å²) in [5.41, 5.74) is 3.96. The number of aliphatic hydroxyl groups excluding tert-OH is 3. The number of amides is 2. The van der Waals surface area contributed by atoms with E-state index in [-0.39, 0.29) is 51.3 Å². The number of benzene rings is 5. The Bertz CT molecular complexity index is 1660. The summed E-state index contributed by atoms with van der Waals surface area (Å²) in [6.45, 7) is 0.699. The van der Waals surface area contributed by atoms with Crippen LogP contribution < -0.4 is 10.6 Å². The summed E-state index contributed by atoms with van der Waals surface area (Å²) < 4.78 is 16.8. The van der Waals surface area contributed by atoms with Crippen molar-refractivity contribution in [2.45, 2.75) is 43.9 Å². The van der Waals surface area contributed by atoms with Crippen LogP contribution in [0.15, 0.2) is 152 Å². The van der Waals surface area contributed by atoms with Gasteiger partial charge in [-0.25, -0.2) is 9.59 Å². The van der Waals surface area contributed by atoms with Crippen LogP contribution >= 0.6 is 23.2 Å². The molecular formula is C44H50Cl2N2O8. The summed E-state index contributed by atoms with van der Waals surface area (Å²) in [6, 6.07) is 49.1. The zero-order valence-corrected chi connectivity index (χ0v) is 32.6. The van der Waals surface area contributed by atoms with Crippen molar-refractivity contribution in [1.29, 1.82) is 0 Å². The van der Waals surface area contributed by atoms with Crippen molar-refractivity contribution in [3.05, 3.63) is 179 Å². The van der Waals surface area contributed by atoms with Gasteiger partial charge in [-0.05, 0) is 40.7 Å². The molecule has 2 atom stereocenters. The third kappa shape index (κ3) is 16.4. The number of hydrogen-bond donors (Lipinski definition) is 5. The lowest BCUT2D eigenvalue weighted by atomic mass is 9.80. The molecule has 0 unspecified atom stereocenters. The molecule has 0 heterocycles. The normalized spacial score (nSPS) is 11.7. The third-order valence-corrected chi connectivity index (χ3v) is 8.16. The van der Waals surface area contributed by atoms with Crippen molar-refractivity contribution >= 4 is 35.4 Å². The number of halogens is 2. The molecule has 0 spiro atoms. The van der Waals surface area contributed by atoms with Crippen molar-refractivity contribution in [3.63, 3.8) is 0 Å². The van der Waals surface area contributed by atoms with Crippen LogP contribution in [-0.2, 0) is 33.0 Å². The summed E-state index contributed by atoms with van der Waals surface area (Å²) in [7, 11) is 0. The molecule has 0 saturated carbocycles. The first-order chi connectivity index (χ1) is 27.3. The predicted molar refractivity (Wildman–Crippen MR) is 219 cm³/mol. The number of hydrogen-bond acceptors (Lipinski definition) is 8. The van der Waals surface area contributed by atoms with Crippen molar-refractivity contribution < 1.29 is 39.1 Å². The minimum absolute atomic E-state index is 0.0754. The molecule has 5 aromatic carbocycles.